The average molecular weight is 378 g/mol. The van der Waals surface area contributed by atoms with Crippen molar-refractivity contribution in [3.63, 3.8) is 0 Å². The van der Waals surface area contributed by atoms with E-state index in [1.807, 2.05) is 22.9 Å². The van der Waals surface area contributed by atoms with Gasteiger partial charge in [0.25, 0.3) is 0 Å². The molecule has 0 saturated carbocycles. The summed E-state index contributed by atoms with van der Waals surface area (Å²) in [5.41, 5.74) is 4.78. The molecule has 6 heteroatoms. The summed E-state index contributed by atoms with van der Waals surface area (Å²) in [4.78, 5) is 14.6. The zero-order valence-electron chi connectivity index (χ0n) is 16.0. The summed E-state index contributed by atoms with van der Waals surface area (Å²) in [6, 6.07) is 14.2. The van der Waals surface area contributed by atoms with Crippen LogP contribution in [0.5, 0.6) is 0 Å². The van der Waals surface area contributed by atoms with E-state index in [9.17, 15) is 9.18 Å². The minimum absolute atomic E-state index is 0.126. The van der Waals surface area contributed by atoms with Crippen LogP contribution in [-0.4, -0.2) is 27.3 Å². The monoisotopic (exact) mass is 378 g/mol. The van der Waals surface area contributed by atoms with Crippen LogP contribution >= 0.6 is 0 Å². The fraction of sp³-hybridized carbons (Fsp3) is 0.273. The summed E-state index contributed by atoms with van der Waals surface area (Å²) in [7, 11) is 0. The van der Waals surface area contributed by atoms with Crippen molar-refractivity contribution in [2.75, 3.05) is 11.9 Å². The normalized spacial score (nSPS) is 13.5. The van der Waals surface area contributed by atoms with Crippen molar-refractivity contribution >= 4 is 11.7 Å². The number of hydrogen-bond acceptors (Lipinski definition) is 2. The van der Waals surface area contributed by atoms with Crippen LogP contribution < -0.4 is 5.32 Å². The summed E-state index contributed by atoms with van der Waals surface area (Å²) < 4.78 is 15.2. The van der Waals surface area contributed by atoms with Gasteiger partial charge >= 0.3 is 6.03 Å². The maximum absolute atomic E-state index is 13.2. The van der Waals surface area contributed by atoms with Crippen molar-refractivity contribution < 1.29 is 9.18 Å². The van der Waals surface area contributed by atoms with E-state index in [2.05, 4.69) is 30.3 Å². The Bertz CT molecular complexity index is 994. The molecule has 5 nitrogen and oxygen atoms in total. The molecule has 0 unspecified atom stereocenters. The van der Waals surface area contributed by atoms with Crippen LogP contribution in [0.1, 0.15) is 31.0 Å². The quantitative estimate of drug-likeness (QED) is 0.708. The second-order valence-electron chi connectivity index (χ2n) is 7.37. The first-order valence-corrected chi connectivity index (χ1v) is 9.48. The lowest BCUT2D eigenvalue weighted by atomic mass is 10.0. The van der Waals surface area contributed by atoms with E-state index < -0.39 is 0 Å². The number of nitrogens with zero attached hydrogens (tertiary/aromatic N) is 3. The zero-order chi connectivity index (χ0) is 19.7. The van der Waals surface area contributed by atoms with E-state index in [0.717, 1.165) is 22.5 Å². The summed E-state index contributed by atoms with van der Waals surface area (Å²) >= 11 is 0. The Morgan fingerprint density at radius 2 is 1.93 bits per heavy atom. The fourth-order valence-electron chi connectivity index (χ4n) is 3.47. The molecule has 0 spiro atoms. The van der Waals surface area contributed by atoms with Crippen molar-refractivity contribution in [3.8, 4) is 11.1 Å². The molecule has 2 heterocycles. The van der Waals surface area contributed by atoms with Crippen LogP contribution in [-0.2, 0) is 13.1 Å². The largest absolute Gasteiger partial charge is 0.322 e. The lowest BCUT2D eigenvalue weighted by molar-refractivity contribution is 0.194. The maximum atomic E-state index is 13.2. The molecule has 0 fully saturated rings. The number of anilines is 1. The third-order valence-corrected chi connectivity index (χ3v) is 5.12. The number of carbonyl (C=O) groups excluding carboxylic acids is 1. The third kappa shape index (κ3) is 3.63. The molecule has 1 N–H and O–H groups in total. The number of urea groups is 1. The van der Waals surface area contributed by atoms with Crippen LogP contribution in [0.15, 0.2) is 54.7 Å². The first-order chi connectivity index (χ1) is 13.5. The first-order valence-electron chi connectivity index (χ1n) is 9.48. The predicted molar refractivity (Wildman–Crippen MR) is 108 cm³/mol. The topological polar surface area (TPSA) is 50.2 Å². The molecule has 0 atom stereocenters. The molecule has 1 aliphatic rings. The second-order valence-corrected chi connectivity index (χ2v) is 7.37. The van der Waals surface area contributed by atoms with E-state index >= 15 is 0 Å². The molecule has 2 aromatic carbocycles. The van der Waals surface area contributed by atoms with Crippen molar-refractivity contribution in [3.05, 3.63) is 71.8 Å². The predicted octanol–water partition coefficient (Wildman–Crippen LogP) is 4.86. The van der Waals surface area contributed by atoms with Crippen LogP contribution in [0.4, 0.5) is 14.9 Å². The molecule has 2 amide bonds. The number of fused-ring (bicyclic) bond motifs is 1. The van der Waals surface area contributed by atoms with Crippen molar-refractivity contribution in [2.45, 2.75) is 32.9 Å². The van der Waals surface area contributed by atoms with Crippen molar-refractivity contribution in [2.24, 2.45) is 0 Å². The molecule has 0 saturated heterocycles. The zero-order valence-corrected chi connectivity index (χ0v) is 16.0. The van der Waals surface area contributed by atoms with Crippen LogP contribution in [0.3, 0.4) is 0 Å². The highest BCUT2D eigenvalue weighted by molar-refractivity contribution is 5.89. The number of halogens is 1. The van der Waals surface area contributed by atoms with Gasteiger partial charge in [0.15, 0.2) is 0 Å². The van der Waals surface area contributed by atoms with Gasteiger partial charge in [-0.2, -0.15) is 5.10 Å². The average Bonchev–Trinajstić information content (AvgIpc) is 3.12. The smallest absolute Gasteiger partial charge is 0.317 e. The van der Waals surface area contributed by atoms with E-state index in [4.69, 9.17) is 0 Å². The number of rotatable bonds is 3. The van der Waals surface area contributed by atoms with E-state index in [1.54, 1.807) is 23.2 Å². The van der Waals surface area contributed by atoms with Crippen molar-refractivity contribution in [1.82, 2.24) is 14.7 Å². The molecular weight excluding hydrogens is 355 g/mol. The molecule has 1 aromatic heterocycles. The molecule has 28 heavy (non-hydrogen) atoms. The Hall–Kier alpha value is -3.15. The van der Waals surface area contributed by atoms with Gasteiger partial charge in [0, 0.05) is 17.8 Å². The summed E-state index contributed by atoms with van der Waals surface area (Å²) in [6.07, 6.45) is 1.79. The number of hydrogen-bond donors (Lipinski definition) is 1. The van der Waals surface area contributed by atoms with Crippen molar-refractivity contribution in [1.29, 1.82) is 0 Å². The maximum Gasteiger partial charge on any atom is 0.322 e. The van der Waals surface area contributed by atoms with Gasteiger partial charge in [-0.15, -0.1) is 0 Å². The van der Waals surface area contributed by atoms with Crippen LogP contribution in [0.25, 0.3) is 11.1 Å². The summed E-state index contributed by atoms with van der Waals surface area (Å²) in [6.45, 7) is 5.94. The van der Waals surface area contributed by atoms with Crippen LogP contribution in [0, 0.1) is 5.82 Å². The summed E-state index contributed by atoms with van der Waals surface area (Å²) in [5.74, 6) is 0.133. The lowest BCUT2D eigenvalue weighted by Crippen LogP contribution is -2.41. The lowest BCUT2D eigenvalue weighted by Gasteiger charge is -2.28. The molecule has 0 radical (unpaired) electrons. The third-order valence-electron chi connectivity index (χ3n) is 5.12. The highest BCUT2D eigenvalue weighted by Gasteiger charge is 2.24. The molecule has 144 valence electrons. The molecule has 0 aliphatic carbocycles. The summed E-state index contributed by atoms with van der Waals surface area (Å²) in [5, 5.41) is 7.43. The van der Waals surface area contributed by atoms with E-state index in [0.29, 0.717) is 25.6 Å². The highest BCUT2D eigenvalue weighted by atomic mass is 19.1. The Balaban J connectivity index is 1.52. The minimum atomic E-state index is -0.269. The minimum Gasteiger partial charge on any atom is -0.317 e. The first kappa shape index (κ1) is 18.2. The van der Waals surface area contributed by atoms with Gasteiger partial charge in [0.1, 0.15) is 5.82 Å². The number of nitrogens with one attached hydrogen (secondary N) is 1. The molecule has 4 rings (SSSR count). The van der Waals surface area contributed by atoms with Gasteiger partial charge in [0.2, 0.25) is 0 Å². The van der Waals surface area contributed by atoms with Gasteiger partial charge < -0.3 is 10.2 Å². The molecule has 3 aromatic rings. The molecule has 0 bridgehead atoms. The second kappa shape index (κ2) is 7.46. The Morgan fingerprint density at radius 1 is 1.14 bits per heavy atom. The van der Waals surface area contributed by atoms with Crippen LogP contribution in [0.2, 0.25) is 0 Å². The van der Waals surface area contributed by atoms with Gasteiger partial charge in [-0.05, 0) is 41.3 Å². The number of benzene rings is 2. The number of carbonyl (C=O) groups is 1. The standard InChI is InChI=1S/C22H23FN4O/c1-15(2)17-4-3-5-19(12-17)25-22(28)26-10-11-27-21(14-26)20(13-24-27)16-6-8-18(23)9-7-16/h3-9,12-13,15H,10-11,14H2,1-2H3,(H,25,28). The molecule has 1 aliphatic heterocycles. The van der Waals surface area contributed by atoms with Gasteiger partial charge in [0.05, 0.1) is 25.0 Å². The SMILES string of the molecule is CC(C)c1cccc(NC(=O)N2CCn3ncc(-c4ccc(F)cc4)c3C2)c1. The fourth-order valence-corrected chi connectivity index (χ4v) is 3.47. The number of aromatic nitrogens is 2. The number of amides is 2. The van der Waals surface area contributed by atoms with Gasteiger partial charge in [-0.25, -0.2) is 9.18 Å². The Labute approximate surface area is 163 Å². The highest BCUT2D eigenvalue weighted by Crippen LogP contribution is 2.27. The Kier molecular flexibility index (Phi) is 4.86. The van der Waals surface area contributed by atoms with E-state index in [1.165, 1.54) is 17.7 Å². The Morgan fingerprint density at radius 3 is 2.68 bits per heavy atom. The van der Waals surface area contributed by atoms with Gasteiger partial charge in [-0.1, -0.05) is 38.1 Å². The van der Waals surface area contributed by atoms with E-state index in [-0.39, 0.29) is 11.8 Å². The van der Waals surface area contributed by atoms with Gasteiger partial charge in [-0.3, -0.25) is 4.68 Å². The molecular formula is C22H23FN4O.